The van der Waals surface area contributed by atoms with Crippen molar-refractivity contribution in [1.82, 2.24) is 0 Å². The van der Waals surface area contributed by atoms with E-state index < -0.39 is 0 Å². The quantitative estimate of drug-likeness (QED) is 0.280. The summed E-state index contributed by atoms with van der Waals surface area (Å²) in [6, 6.07) is 39.3. The topological polar surface area (TPSA) is 0 Å². The lowest BCUT2D eigenvalue weighted by atomic mass is 9.88. The van der Waals surface area contributed by atoms with E-state index in [-0.39, 0.29) is 0 Å². The van der Waals surface area contributed by atoms with Crippen molar-refractivity contribution >= 4 is 42.3 Å². The number of rotatable bonds is 2. The first kappa shape index (κ1) is 16.5. The highest BCUT2D eigenvalue weighted by Crippen LogP contribution is 2.49. The number of benzene rings is 5. The summed E-state index contributed by atoms with van der Waals surface area (Å²) >= 11 is 1.91. The summed E-state index contributed by atoms with van der Waals surface area (Å²) in [5.74, 6) is 0. The fourth-order valence-electron chi connectivity index (χ4n) is 4.44. The van der Waals surface area contributed by atoms with Crippen molar-refractivity contribution < 1.29 is 0 Å². The minimum Gasteiger partial charge on any atom is -0.134 e. The zero-order valence-electron chi connectivity index (χ0n) is 15.8. The third-order valence-electron chi connectivity index (χ3n) is 5.66. The lowest BCUT2D eigenvalue weighted by Gasteiger charge is -2.15. The standard InChI is InChI=1S/C28H18S/c1-3-11-19(12-4-1)25-21-15-7-8-16-22(21)26(20-13-5-2-6-14-20)28-27(25)23-17-9-10-18-24(23)29-28/h1-18H. The normalized spacial score (nSPS) is 11.4. The fraction of sp³-hybridized carbons (Fsp3) is 0. The molecule has 1 heterocycles. The summed E-state index contributed by atoms with van der Waals surface area (Å²) in [4.78, 5) is 0. The van der Waals surface area contributed by atoms with Gasteiger partial charge in [0.1, 0.15) is 0 Å². The number of fused-ring (bicyclic) bond motifs is 4. The Labute approximate surface area is 173 Å². The second-order valence-corrected chi connectivity index (χ2v) is 8.38. The van der Waals surface area contributed by atoms with Gasteiger partial charge >= 0.3 is 0 Å². The second kappa shape index (κ2) is 6.58. The largest absolute Gasteiger partial charge is 0.134 e. The average Bonchev–Trinajstić information content (AvgIpc) is 3.17. The molecule has 5 aromatic carbocycles. The van der Waals surface area contributed by atoms with Crippen LogP contribution in [-0.2, 0) is 0 Å². The highest BCUT2D eigenvalue weighted by Gasteiger charge is 2.20. The van der Waals surface area contributed by atoms with Crippen molar-refractivity contribution in [2.45, 2.75) is 0 Å². The Morgan fingerprint density at radius 1 is 0.414 bits per heavy atom. The van der Waals surface area contributed by atoms with Gasteiger partial charge in [0.05, 0.1) is 0 Å². The molecule has 1 heteroatoms. The third kappa shape index (κ3) is 2.52. The molecule has 0 saturated heterocycles. The van der Waals surface area contributed by atoms with Crippen LogP contribution in [0.25, 0.3) is 53.2 Å². The summed E-state index contributed by atoms with van der Waals surface area (Å²) in [6.45, 7) is 0. The lowest BCUT2D eigenvalue weighted by Crippen LogP contribution is -1.88. The Bertz CT molecular complexity index is 1480. The number of thiophene rings is 1. The predicted molar refractivity (Wildman–Crippen MR) is 128 cm³/mol. The van der Waals surface area contributed by atoms with E-state index in [1.165, 1.54) is 53.2 Å². The van der Waals surface area contributed by atoms with E-state index in [1.54, 1.807) is 0 Å². The van der Waals surface area contributed by atoms with E-state index in [4.69, 9.17) is 0 Å². The summed E-state index contributed by atoms with van der Waals surface area (Å²) in [5.41, 5.74) is 5.24. The van der Waals surface area contributed by atoms with Crippen LogP contribution in [0.5, 0.6) is 0 Å². The van der Waals surface area contributed by atoms with Crippen LogP contribution < -0.4 is 0 Å². The van der Waals surface area contributed by atoms with E-state index in [0.717, 1.165) is 0 Å². The molecule has 0 N–H and O–H groups in total. The zero-order valence-corrected chi connectivity index (χ0v) is 16.6. The van der Waals surface area contributed by atoms with Crippen LogP contribution in [0.15, 0.2) is 109 Å². The minimum absolute atomic E-state index is 1.27. The van der Waals surface area contributed by atoms with E-state index in [0.29, 0.717) is 0 Å². The smallest absolute Gasteiger partial charge is 0.0446 e. The maximum Gasteiger partial charge on any atom is 0.0446 e. The van der Waals surface area contributed by atoms with Crippen LogP contribution in [0.2, 0.25) is 0 Å². The maximum absolute atomic E-state index is 2.27. The van der Waals surface area contributed by atoms with E-state index in [1.807, 2.05) is 11.3 Å². The molecule has 0 nitrogen and oxygen atoms in total. The molecule has 136 valence electrons. The fourth-order valence-corrected chi connectivity index (χ4v) is 5.73. The monoisotopic (exact) mass is 386 g/mol. The molecule has 29 heavy (non-hydrogen) atoms. The molecule has 6 aromatic rings. The first-order chi connectivity index (χ1) is 14.4. The van der Waals surface area contributed by atoms with E-state index in [9.17, 15) is 0 Å². The molecule has 0 amide bonds. The number of hydrogen-bond donors (Lipinski definition) is 0. The molecule has 0 spiro atoms. The van der Waals surface area contributed by atoms with Crippen molar-refractivity contribution in [2.24, 2.45) is 0 Å². The predicted octanol–water partition coefficient (Wildman–Crippen LogP) is 8.54. The Hall–Kier alpha value is -3.42. The molecular formula is C28H18S. The summed E-state index contributed by atoms with van der Waals surface area (Å²) in [6.07, 6.45) is 0. The van der Waals surface area contributed by atoms with Crippen LogP contribution in [0.1, 0.15) is 0 Å². The van der Waals surface area contributed by atoms with Gasteiger partial charge in [0.25, 0.3) is 0 Å². The molecule has 1 aromatic heterocycles. The summed E-state index contributed by atoms with van der Waals surface area (Å²) < 4.78 is 2.71. The zero-order chi connectivity index (χ0) is 19.2. The Morgan fingerprint density at radius 2 is 0.897 bits per heavy atom. The van der Waals surface area contributed by atoms with Crippen molar-refractivity contribution in [3.63, 3.8) is 0 Å². The Balaban J connectivity index is 1.92. The SMILES string of the molecule is c1ccc(-c2c3ccccc3c(-c3ccccc3)c3c2sc2ccccc23)cc1. The molecule has 0 unspecified atom stereocenters. The Morgan fingerprint density at radius 3 is 1.55 bits per heavy atom. The van der Waals surface area contributed by atoms with Gasteiger partial charge in [-0.1, -0.05) is 103 Å². The van der Waals surface area contributed by atoms with E-state index in [2.05, 4.69) is 109 Å². The highest BCUT2D eigenvalue weighted by molar-refractivity contribution is 7.26. The molecule has 6 rings (SSSR count). The molecule has 0 radical (unpaired) electrons. The Kier molecular flexibility index (Phi) is 3.75. The average molecular weight is 387 g/mol. The van der Waals surface area contributed by atoms with Crippen molar-refractivity contribution in [3.8, 4) is 22.3 Å². The van der Waals surface area contributed by atoms with Crippen molar-refractivity contribution in [2.75, 3.05) is 0 Å². The minimum atomic E-state index is 1.27. The van der Waals surface area contributed by atoms with E-state index >= 15 is 0 Å². The highest BCUT2D eigenvalue weighted by atomic mass is 32.1. The molecule has 0 fully saturated rings. The van der Waals surface area contributed by atoms with Gasteiger partial charge in [0.2, 0.25) is 0 Å². The molecule has 0 aliphatic rings. The van der Waals surface area contributed by atoms with Gasteiger partial charge in [-0.3, -0.25) is 0 Å². The first-order valence-corrected chi connectivity index (χ1v) is 10.7. The van der Waals surface area contributed by atoms with Gasteiger partial charge in [-0.2, -0.15) is 0 Å². The molecular weight excluding hydrogens is 368 g/mol. The van der Waals surface area contributed by atoms with Gasteiger partial charge < -0.3 is 0 Å². The molecule has 0 bridgehead atoms. The van der Waals surface area contributed by atoms with Crippen LogP contribution in [0.3, 0.4) is 0 Å². The van der Waals surface area contributed by atoms with Gasteiger partial charge in [-0.15, -0.1) is 11.3 Å². The molecule has 0 saturated carbocycles. The summed E-state index contributed by atoms with van der Waals surface area (Å²) in [7, 11) is 0. The van der Waals surface area contributed by atoms with Crippen LogP contribution in [0, 0.1) is 0 Å². The van der Waals surface area contributed by atoms with Gasteiger partial charge in [0, 0.05) is 25.7 Å². The van der Waals surface area contributed by atoms with Gasteiger partial charge in [-0.25, -0.2) is 0 Å². The van der Waals surface area contributed by atoms with Gasteiger partial charge in [-0.05, 0) is 33.5 Å². The van der Waals surface area contributed by atoms with Crippen LogP contribution in [-0.4, -0.2) is 0 Å². The lowest BCUT2D eigenvalue weighted by molar-refractivity contribution is 1.67. The third-order valence-corrected chi connectivity index (χ3v) is 6.85. The summed E-state index contributed by atoms with van der Waals surface area (Å²) in [5, 5.41) is 5.34. The number of hydrogen-bond acceptors (Lipinski definition) is 1. The molecule has 0 atom stereocenters. The first-order valence-electron chi connectivity index (χ1n) is 9.88. The second-order valence-electron chi connectivity index (χ2n) is 7.33. The van der Waals surface area contributed by atoms with Crippen molar-refractivity contribution in [1.29, 1.82) is 0 Å². The van der Waals surface area contributed by atoms with Gasteiger partial charge in [0.15, 0.2) is 0 Å². The van der Waals surface area contributed by atoms with Crippen molar-refractivity contribution in [3.05, 3.63) is 109 Å². The van der Waals surface area contributed by atoms with Crippen LogP contribution in [0.4, 0.5) is 0 Å². The molecule has 0 aliphatic carbocycles. The maximum atomic E-state index is 2.27. The molecule has 0 aliphatic heterocycles. The van der Waals surface area contributed by atoms with Crippen LogP contribution >= 0.6 is 11.3 Å².